The smallest absolute Gasteiger partial charge is 0.242 e. The van der Waals surface area contributed by atoms with Crippen molar-refractivity contribution in [2.45, 2.75) is 38.8 Å². The highest BCUT2D eigenvalue weighted by Crippen LogP contribution is 2.26. The van der Waals surface area contributed by atoms with Gasteiger partial charge >= 0.3 is 0 Å². The van der Waals surface area contributed by atoms with Crippen LogP contribution in [0.1, 0.15) is 24.0 Å². The molecule has 2 heterocycles. The number of rotatable bonds is 3. The number of hydrogen-bond acceptors (Lipinski definition) is 4. The lowest BCUT2D eigenvalue weighted by atomic mass is 10.1. The van der Waals surface area contributed by atoms with Gasteiger partial charge in [-0.3, -0.25) is 4.79 Å². The Balaban J connectivity index is 1.53. The third-order valence-electron chi connectivity index (χ3n) is 4.67. The number of nitrogens with zero attached hydrogens (tertiary/aromatic N) is 1. The van der Waals surface area contributed by atoms with Gasteiger partial charge in [0.1, 0.15) is 17.9 Å². The molecule has 1 aromatic carbocycles. The average Bonchev–Trinajstić information content (AvgIpc) is 2.59. The normalized spacial score (nSPS) is 22.9. The maximum atomic E-state index is 12.5. The molecule has 1 aromatic rings. The van der Waals surface area contributed by atoms with Crippen molar-refractivity contribution in [1.82, 2.24) is 10.2 Å². The molecule has 0 unspecified atom stereocenters. The molecule has 2 saturated heterocycles. The molecule has 3 rings (SSSR count). The van der Waals surface area contributed by atoms with Gasteiger partial charge in [0.2, 0.25) is 5.91 Å². The van der Waals surface area contributed by atoms with E-state index in [1.165, 1.54) is 11.1 Å². The lowest BCUT2D eigenvalue weighted by Gasteiger charge is -2.35. The molecule has 2 fully saturated rings. The molecule has 0 saturated carbocycles. The molecule has 1 atom stereocenters. The second kappa shape index (κ2) is 7.32. The zero-order chi connectivity index (χ0) is 16.2. The van der Waals surface area contributed by atoms with Crippen LogP contribution in [0.15, 0.2) is 18.2 Å². The summed E-state index contributed by atoms with van der Waals surface area (Å²) in [6.07, 6.45) is 1.95. The summed E-state index contributed by atoms with van der Waals surface area (Å²) in [5.74, 6) is 1.16. The van der Waals surface area contributed by atoms with Crippen molar-refractivity contribution in [3.63, 3.8) is 0 Å². The number of likely N-dealkylation sites (tertiary alicyclic amines) is 1. The molecular formula is C18H26N2O3. The number of piperidine rings is 1. The van der Waals surface area contributed by atoms with E-state index in [0.29, 0.717) is 13.2 Å². The maximum Gasteiger partial charge on any atom is 0.242 e. The van der Waals surface area contributed by atoms with E-state index in [2.05, 4.69) is 37.4 Å². The first kappa shape index (κ1) is 16.3. The van der Waals surface area contributed by atoms with E-state index < -0.39 is 0 Å². The van der Waals surface area contributed by atoms with Crippen LogP contribution >= 0.6 is 0 Å². The van der Waals surface area contributed by atoms with Gasteiger partial charge in [0, 0.05) is 32.5 Å². The van der Waals surface area contributed by atoms with Crippen molar-refractivity contribution in [2.75, 3.05) is 32.8 Å². The van der Waals surface area contributed by atoms with Crippen LogP contribution in [0.3, 0.4) is 0 Å². The van der Waals surface area contributed by atoms with E-state index in [4.69, 9.17) is 9.47 Å². The SMILES string of the molecule is Cc1cccc(C)c1OC1CCN(C(=O)[C@@H]2COCCN2)CC1. The number of aryl methyl sites for hydroxylation is 2. The van der Waals surface area contributed by atoms with Crippen LogP contribution in [0.5, 0.6) is 5.75 Å². The van der Waals surface area contributed by atoms with Crippen LogP contribution in [0.2, 0.25) is 0 Å². The Labute approximate surface area is 137 Å². The molecule has 1 N–H and O–H groups in total. The molecule has 5 nitrogen and oxygen atoms in total. The zero-order valence-electron chi connectivity index (χ0n) is 14.0. The van der Waals surface area contributed by atoms with Gasteiger partial charge in [-0.2, -0.15) is 0 Å². The Kier molecular flexibility index (Phi) is 5.18. The third-order valence-corrected chi connectivity index (χ3v) is 4.67. The van der Waals surface area contributed by atoms with E-state index in [-0.39, 0.29) is 18.1 Å². The molecule has 0 aliphatic carbocycles. The standard InChI is InChI=1S/C18H26N2O3/c1-13-4-3-5-14(2)17(13)23-15-6-9-20(10-7-15)18(21)16-12-22-11-8-19-16/h3-5,15-16,19H,6-12H2,1-2H3/t16-/m0/s1. The van der Waals surface area contributed by atoms with Crippen LogP contribution in [0.4, 0.5) is 0 Å². The number of nitrogens with one attached hydrogen (secondary N) is 1. The van der Waals surface area contributed by atoms with Gasteiger partial charge in [-0.25, -0.2) is 0 Å². The van der Waals surface area contributed by atoms with Gasteiger partial charge < -0.3 is 19.7 Å². The molecule has 2 aliphatic rings. The number of hydrogen-bond donors (Lipinski definition) is 1. The number of benzene rings is 1. The Morgan fingerprint density at radius 2 is 1.96 bits per heavy atom. The predicted molar refractivity (Wildman–Crippen MR) is 88.8 cm³/mol. The largest absolute Gasteiger partial charge is 0.490 e. The second-order valence-corrected chi connectivity index (χ2v) is 6.45. The van der Waals surface area contributed by atoms with E-state index in [1.54, 1.807) is 0 Å². The first-order valence-electron chi connectivity index (χ1n) is 8.48. The molecule has 0 radical (unpaired) electrons. The monoisotopic (exact) mass is 318 g/mol. The topological polar surface area (TPSA) is 50.8 Å². The number of carbonyl (C=O) groups excluding carboxylic acids is 1. The number of morpholine rings is 1. The van der Waals surface area contributed by atoms with Crippen LogP contribution in [0, 0.1) is 13.8 Å². The fraction of sp³-hybridized carbons (Fsp3) is 0.611. The summed E-state index contributed by atoms with van der Waals surface area (Å²) >= 11 is 0. The summed E-state index contributed by atoms with van der Waals surface area (Å²) in [6.45, 7) is 7.60. The summed E-state index contributed by atoms with van der Waals surface area (Å²) < 4.78 is 11.6. The minimum Gasteiger partial charge on any atom is -0.490 e. The van der Waals surface area contributed by atoms with Crippen molar-refractivity contribution >= 4 is 5.91 Å². The molecule has 1 amide bonds. The number of ether oxygens (including phenoxy) is 2. The van der Waals surface area contributed by atoms with Crippen molar-refractivity contribution in [3.05, 3.63) is 29.3 Å². The van der Waals surface area contributed by atoms with E-state index in [0.717, 1.165) is 38.2 Å². The van der Waals surface area contributed by atoms with Crippen LogP contribution in [0.25, 0.3) is 0 Å². The van der Waals surface area contributed by atoms with E-state index in [1.807, 2.05) is 4.90 Å². The van der Waals surface area contributed by atoms with E-state index >= 15 is 0 Å². The van der Waals surface area contributed by atoms with Crippen LogP contribution in [-0.4, -0.2) is 55.8 Å². The number of para-hydroxylation sites is 1. The van der Waals surface area contributed by atoms with Gasteiger partial charge in [0.05, 0.1) is 13.2 Å². The summed E-state index contributed by atoms with van der Waals surface area (Å²) in [5.41, 5.74) is 2.35. The van der Waals surface area contributed by atoms with Gasteiger partial charge in [0.25, 0.3) is 0 Å². The van der Waals surface area contributed by atoms with Gasteiger partial charge in [-0.1, -0.05) is 18.2 Å². The minimum atomic E-state index is -0.181. The number of carbonyl (C=O) groups is 1. The lowest BCUT2D eigenvalue weighted by Crippen LogP contribution is -2.54. The van der Waals surface area contributed by atoms with Gasteiger partial charge in [0.15, 0.2) is 0 Å². The lowest BCUT2D eigenvalue weighted by molar-refractivity contribution is -0.138. The Bertz CT molecular complexity index is 527. The number of amides is 1. The van der Waals surface area contributed by atoms with Crippen molar-refractivity contribution in [2.24, 2.45) is 0 Å². The van der Waals surface area contributed by atoms with Crippen LogP contribution in [-0.2, 0) is 9.53 Å². The molecule has 5 heteroatoms. The molecule has 0 bridgehead atoms. The maximum absolute atomic E-state index is 12.5. The summed E-state index contributed by atoms with van der Waals surface area (Å²) in [7, 11) is 0. The van der Waals surface area contributed by atoms with Crippen molar-refractivity contribution in [3.8, 4) is 5.75 Å². The second-order valence-electron chi connectivity index (χ2n) is 6.45. The molecule has 2 aliphatic heterocycles. The highest BCUT2D eigenvalue weighted by Gasteiger charge is 2.30. The van der Waals surface area contributed by atoms with Crippen molar-refractivity contribution < 1.29 is 14.3 Å². The Hall–Kier alpha value is -1.59. The molecule has 0 spiro atoms. The van der Waals surface area contributed by atoms with Crippen LogP contribution < -0.4 is 10.1 Å². The predicted octanol–water partition coefficient (Wildman–Crippen LogP) is 1.66. The minimum absolute atomic E-state index is 0.162. The Morgan fingerprint density at radius 3 is 2.57 bits per heavy atom. The Morgan fingerprint density at radius 1 is 1.26 bits per heavy atom. The fourth-order valence-electron chi connectivity index (χ4n) is 3.29. The third kappa shape index (κ3) is 3.85. The molecular weight excluding hydrogens is 292 g/mol. The highest BCUT2D eigenvalue weighted by molar-refractivity contribution is 5.82. The first-order valence-corrected chi connectivity index (χ1v) is 8.48. The fourth-order valence-corrected chi connectivity index (χ4v) is 3.29. The molecule has 0 aromatic heterocycles. The van der Waals surface area contributed by atoms with Gasteiger partial charge in [-0.15, -0.1) is 0 Å². The highest BCUT2D eigenvalue weighted by atomic mass is 16.5. The molecule has 23 heavy (non-hydrogen) atoms. The van der Waals surface area contributed by atoms with E-state index in [9.17, 15) is 4.79 Å². The quantitative estimate of drug-likeness (QED) is 0.921. The summed E-state index contributed by atoms with van der Waals surface area (Å²) in [5, 5.41) is 3.23. The van der Waals surface area contributed by atoms with Crippen molar-refractivity contribution in [1.29, 1.82) is 0 Å². The zero-order valence-corrected chi connectivity index (χ0v) is 14.0. The summed E-state index contributed by atoms with van der Waals surface area (Å²) in [4.78, 5) is 14.4. The molecule has 126 valence electrons. The van der Waals surface area contributed by atoms with Gasteiger partial charge in [-0.05, 0) is 25.0 Å². The first-order chi connectivity index (χ1) is 11.1. The average molecular weight is 318 g/mol. The summed E-state index contributed by atoms with van der Waals surface area (Å²) in [6, 6.07) is 6.03.